The second-order valence-corrected chi connectivity index (χ2v) is 7.89. The third kappa shape index (κ3) is 7.43. The number of nitrogens with zero attached hydrogens (tertiary/aromatic N) is 2. The maximum atomic E-state index is 13.2. The molecule has 0 spiro atoms. The molecule has 8 heteroatoms. The van der Waals surface area contributed by atoms with Crippen LogP contribution in [0.1, 0.15) is 19.4 Å². The molecule has 0 unspecified atom stereocenters. The smallest absolute Gasteiger partial charge is 0.209 e. The maximum Gasteiger partial charge on any atom is 0.209 e. The second kappa shape index (κ2) is 7.74. The summed E-state index contributed by atoms with van der Waals surface area (Å²) in [7, 11) is 0.176. The molecule has 0 atom stereocenters. The summed E-state index contributed by atoms with van der Waals surface area (Å²) in [5.41, 5.74) is 0.160. The zero-order chi connectivity index (χ0) is 17.7. The highest BCUT2D eigenvalue weighted by Crippen LogP contribution is 2.07. The molecule has 6 nitrogen and oxygen atoms in total. The number of hydrogen-bond donors (Lipinski definition) is 2. The van der Waals surface area contributed by atoms with Crippen molar-refractivity contribution in [2.45, 2.75) is 25.9 Å². The van der Waals surface area contributed by atoms with Crippen molar-refractivity contribution in [3.8, 4) is 0 Å². The largest absolute Gasteiger partial charge is 0.354 e. The normalized spacial score (nSPS) is 13.0. The van der Waals surface area contributed by atoms with Gasteiger partial charge in [0, 0.05) is 32.7 Å². The Morgan fingerprint density at radius 1 is 1.39 bits per heavy atom. The van der Waals surface area contributed by atoms with Gasteiger partial charge in [-0.05, 0) is 31.5 Å². The third-order valence-corrected chi connectivity index (χ3v) is 3.96. The predicted octanol–water partition coefficient (Wildman–Crippen LogP) is 1.16. The number of sulfonamides is 1. The summed E-state index contributed by atoms with van der Waals surface area (Å²) in [5.74, 6) is 0.315. The molecule has 0 aliphatic heterocycles. The molecule has 1 rings (SSSR count). The fraction of sp³-hybridized carbons (Fsp3) is 0.533. The fourth-order valence-corrected chi connectivity index (χ4v) is 3.28. The van der Waals surface area contributed by atoms with Crippen LogP contribution in [0, 0.1) is 5.82 Å². The zero-order valence-electron chi connectivity index (χ0n) is 14.2. The lowest BCUT2D eigenvalue weighted by molar-refractivity contribution is 0.422. The first-order valence-corrected chi connectivity index (χ1v) is 9.07. The van der Waals surface area contributed by atoms with E-state index in [9.17, 15) is 12.8 Å². The van der Waals surface area contributed by atoms with Crippen molar-refractivity contribution in [1.29, 1.82) is 0 Å². The molecule has 0 heterocycles. The minimum atomic E-state index is -3.30. The molecule has 0 aromatic heterocycles. The lowest BCUT2D eigenvalue weighted by Gasteiger charge is -2.29. The first-order valence-electron chi connectivity index (χ1n) is 7.17. The van der Waals surface area contributed by atoms with Gasteiger partial charge in [-0.3, -0.25) is 4.99 Å². The van der Waals surface area contributed by atoms with Crippen LogP contribution in [0.4, 0.5) is 4.39 Å². The van der Waals surface area contributed by atoms with Crippen LogP contribution in [0.3, 0.4) is 0 Å². The molecule has 0 aliphatic rings. The van der Waals surface area contributed by atoms with Gasteiger partial charge in [0.1, 0.15) is 5.82 Å². The van der Waals surface area contributed by atoms with Crippen LogP contribution in [0.2, 0.25) is 0 Å². The Hall–Kier alpha value is -1.67. The molecule has 130 valence electrons. The van der Waals surface area contributed by atoms with Crippen LogP contribution < -0.4 is 10.0 Å². The quantitative estimate of drug-likeness (QED) is 0.600. The average molecular weight is 344 g/mol. The van der Waals surface area contributed by atoms with Gasteiger partial charge in [-0.25, -0.2) is 17.5 Å². The Balaban J connectivity index is 2.66. The molecular formula is C15H25FN4O2S. The summed E-state index contributed by atoms with van der Waals surface area (Å²) in [5, 5.41) is 3.12. The van der Waals surface area contributed by atoms with Gasteiger partial charge in [0.25, 0.3) is 0 Å². The molecular weight excluding hydrogens is 319 g/mol. The zero-order valence-corrected chi connectivity index (χ0v) is 15.0. The van der Waals surface area contributed by atoms with Gasteiger partial charge in [0.15, 0.2) is 5.96 Å². The van der Waals surface area contributed by atoms with E-state index < -0.39 is 15.6 Å². The van der Waals surface area contributed by atoms with Gasteiger partial charge in [-0.2, -0.15) is 0 Å². The lowest BCUT2D eigenvalue weighted by Crippen LogP contribution is -2.53. The Labute approximate surface area is 137 Å². The van der Waals surface area contributed by atoms with Crippen LogP contribution in [0.15, 0.2) is 29.3 Å². The molecule has 0 fully saturated rings. The molecule has 2 N–H and O–H groups in total. The molecule has 0 radical (unpaired) electrons. The number of halogens is 1. The third-order valence-electron chi connectivity index (χ3n) is 3.03. The molecule has 0 saturated carbocycles. The molecule has 1 aromatic rings. The minimum absolute atomic E-state index is 0.280. The van der Waals surface area contributed by atoms with Gasteiger partial charge in [-0.1, -0.05) is 12.1 Å². The van der Waals surface area contributed by atoms with Crippen molar-refractivity contribution in [3.05, 3.63) is 35.6 Å². The summed E-state index contributed by atoms with van der Waals surface area (Å²) < 4.78 is 38.5. The minimum Gasteiger partial charge on any atom is -0.354 e. The second-order valence-electron chi connectivity index (χ2n) is 6.14. The first kappa shape index (κ1) is 19.4. The summed E-state index contributed by atoms with van der Waals surface area (Å²) in [4.78, 5) is 6.01. The number of guanidine groups is 1. The van der Waals surface area contributed by atoms with Gasteiger partial charge < -0.3 is 10.2 Å². The van der Waals surface area contributed by atoms with Crippen LogP contribution >= 0.6 is 0 Å². The SMILES string of the molecule is CN=C(NCC(C)(C)NS(C)(=O)=O)N(C)Cc1cccc(F)c1. The van der Waals surface area contributed by atoms with E-state index in [0.29, 0.717) is 19.0 Å². The molecule has 0 bridgehead atoms. The van der Waals surface area contributed by atoms with Gasteiger partial charge in [0.05, 0.1) is 6.26 Å². The molecule has 23 heavy (non-hydrogen) atoms. The van der Waals surface area contributed by atoms with E-state index in [2.05, 4.69) is 15.0 Å². The van der Waals surface area contributed by atoms with Crippen LogP contribution in [-0.4, -0.2) is 51.7 Å². The highest BCUT2D eigenvalue weighted by Gasteiger charge is 2.22. The Morgan fingerprint density at radius 3 is 2.57 bits per heavy atom. The van der Waals surface area contributed by atoms with E-state index in [-0.39, 0.29) is 5.82 Å². The van der Waals surface area contributed by atoms with E-state index in [1.165, 1.54) is 12.1 Å². The van der Waals surface area contributed by atoms with Crippen molar-refractivity contribution in [3.63, 3.8) is 0 Å². The molecule has 0 aliphatic carbocycles. The van der Waals surface area contributed by atoms with Crippen molar-refractivity contribution < 1.29 is 12.8 Å². The molecule has 0 saturated heterocycles. The molecule has 0 amide bonds. The fourth-order valence-electron chi connectivity index (χ4n) is 2.21. The molecule has 1 aromatic carbocycles. The van der Waals surface area contributed by atoms with E-state index >= 15 is 0 Å². The monoisotopic (exact) mass is 344 g/mol. The summed E-state index contributed by atoms with van der Waals surface area (Å²) in [6.45, 7) is 4.40. The Kier molecular flexibility index (Phi) is 6.52. The lowest BCUT2D eigenvalue weighted by atomic mass is 10.1. The van der Waals surface area contributed by atoms with Crippen LogP contribution in [0.5, 0.6) is 0 Å². The topological polar surface area (TPSA) is 73.8 Å². The van der Waals surface area contributed by atoms with Gasteiger partial charge in [0.2, 0.25) is 10.0 Å². The van der Waals surface area contributed by atoms with E-state index in [1.807, 2.05) is 18.0 Å². The Morgan fingerprint density at radius 2 is 2.04 bits per heavy atom. The first-order chi connectivity index (χ1) is 10.5. The number of rotatable bonds is 6. The number of aliphatic imine (C=N–C) groups is 1. The number of hydrogen-bond acceptors (Lipinski definition) is 3. The average Bonchev–Trinajstić information content (AvgIpc) is 2.36. The maximum absolute atomic E-state index is 13.2. The number of nitrogens with one attached hydrogen (secondary N) is 2. The summed E-state index contributed by atoms with van der Waals surface area (Å²) in [6, 6.07) is 6.37. The highest BCUT2D eigenvalue weighted by molar-refractivity contribution is 7.88. The standard InChI is InChI=1S/C15H25FN4O2S/c1-15(2,19-23(5,21)22)11-18-14(17-3)20(4)10-12-7-6-8-13(16)9-12/h6-9,19H,10-11H2,1-5H3,(H,17,18). The predicted molar refractivity (Wildman–Crippen MR) is 91.3 cm³/mol. The van der Waals surface area contributed by atoms with Gasteiger partial charge >= 0.3 is 0 Å². The summed E-state index contributed by atoms with van der Waals surface area (Å²) >= 11 is 0. The number of benzene rings is 1. The van der Waals surface area contributed by atoms with Crippen molar-refractivity contribution in [1.82, 2.24) is 14.9 Å². The summed E-state index contributed by atoms with van der Waals surface area (Å²) in [6.07, 6.45) is 1.12. The van der Waals surface area contributed by atoms with E-state index in [1.54, 1.807) is 27.0 Å². The highest BCUT2D eigenvalue weighted by atomic mass is 32.2. The van der Waals surface area contributed by atoms with Crippen molar-refractivity contribution in [2.24, 2.45) is 4.99 Å². The van der Waals surface area contributed by atoms with Crippen molar-refractivity contribution >= 4 is 16.0 Å². The van der Waals surface area contributed by atoms with Crippen molar-refractivity contribution in [2.75, 3.05) is 26.9 Å². The van der Waals surface area contributed by atoms with E-state index in [0.717, 1.165) is 11.8 Å². The van der Waals surface area contributed by atoms with Crippen LogP contribution in [-0.2, 0) is 16.6 Å². The van der Waals surface area contributed by atoms with Gasteiger partial charge in [-0.15, -0.1) is 0 Å². The van der Waals surface area contributed by atoms with E-state index in [4.69, 9.17) is 0 Å². The van der Waals surface area contributed by atoms with Crippen LogP contribution in [0.25, 0.3) is 0 Å². The Bertz CT molecular complexity index is 659.